The van der Waals surface area contributed by atoms with Crippen LogP contribution in [0.5, 0.6) is 5.75 Å². The number of amides is 1. The van der Waals surface area contributed by atoms with Crippen LogP contribution in [0.4, 0.5) is 0 Å². The monoisotopic (exact) mass is 344 g/mol. The summed E-state index contributed by atoms with van der Waals surface area (Å²) in [4.78, 5) is 39.4. The van der Waals surface area contributed by atoms with E-state index in [1.165, 1.54) is 6.21 Å². The lowest BCUT2D eigenvalue weighted by molar-refractivity contribution is -0.120. The number of hydrogen-bond donors (Lipinski definition) is 3. The molecule has 0 fully saturated rings. The highest BCUT2D eigenvalue weighted by molar-refractivity contribution is 5.85. The number of aryl methyl sites for hydroxylation is 1. The van der Waals surface area contributed by atoms with E-state index in [0.29, 0.717) is 18.1 Å². The molecule has 0 saturated heterocycles. The number of aromatic nitrogens is 2. The second-order valence-electron chi connectivity index (χ2n) is 5.37. The van der Waals surface area contributed by atoms with Gasteiger partial charge in [0.15, 0.2) is 0 Å². The fourth-order valence-corrected chi connectivity index (χ4v) is 2.14. The molecule has 1 aromatic carbocycles. The molecule has 2 rings (SSSR count). The van der Waals surface area contributed by atoms with Gasteiger partial charge in [0, 0.05) is 16.8 Å². The van der Waals surface area contributed by atoms with E-state index in [0.717, 1.165) is 12.0 Å². The molecule has 0 unspecified atom stereocenters. The maximum absolute atomic E-state index is 11.9. The zero-order valence-corrected chi connectivity index (χ0v) is 14.1. The maximum Gasteiger partial charge on any atom is 0.325 e. The summed E-state index contributed by atoms with van der Waals surface area (Å²) in [5, 5.41) is 3.89. The molecule has 1 aromatic heterocycles. The largest absolute Gasteiger partial charge is 0.493 e. The first-order chi connectivity index (χ1) is 12.0. The number of benzene rings is 1. The number of H-pyrrole nitrogens is 2. The summed E-state index contributed by atoms with van der Waals surface area (Å²) < 4.78 is 5.60. The van der Waals surface area contributed by atoms with Gasteiger partial charge >= 0.3 is 5.69 Å². The smallest absolute Gasteiger partial charge is 0.325 e. The van der Waals surface area contributed by atoms with Crippen LogP contribution in [0.1, 0.15) is 30.2 Å². The Hall–Kier alpha value is -3.16. The van der Waals surface area contributed by atoms with Crippen LogP contribution in [0, 0.1) is 6.92 Å². The van der Waals surface area contributed by atoms with Crippen LogP contribution in [-0.2, 0) is 11.2 Å². The van der Waals surface area contributed by atoms with Crippen LogP contribution in [0.3, 0.4) is 0 Å². The summed E-state index contributed by atoms with van der Waals surface area (Å²) in [6.07, 6.45) is 2.17. The number of nitrogens with one attached hydrogen (secondary N) is 3. The summed E-state index contributed by atoms with van der Waals surface area (Å²) in [6, 6.07) is 7.33. The highest BCUT2D eigenvalue weighted by Crippen LogP contribution is 2.15. The normalized spacial score (nSPS) is 10.8. The van der Waals surface area contributed by atoms with Gasteiger partial charge in [-0.05, 0) is 25.5 Å². The fraction of sp³-hybridized carbons (Fsp3) is 0.294. The second kappa shape index (κ2) is 8.62. The summed E-state index contributed by atoms with van der Waals surface area (Å²) in [5.74, 6) is 0.208. The van der Waals surface area contributed by atoms with Gasteiger partial charge < -0.3 is 9.72 Å². The number of nitrogens with zero attached hydrogens (tertiary/aromatic N) is 1. The van der Waals surface area contributed by atoms with Crippen molar-refractivity contribution < 1.29 is 9.53 Å². The molecule has 3 N–H and O–H groups in total. The van der Waals surface area contributed by atoms with Crippen molar-refractivity contribution in [2.24, 2.45) is 5.10 Å². The summed E-state index contributed by atoms with van der Waals surface area (Å²) >= 11 is 0. The minimum Gasteiger partial charge on any atom is -0.493 e. The minimum absolute atomic E-state index is 0.191. The van der Waals surface area contributed by atoms with Crippen LogP contribution < -0.4 is 21.4 Å². The lowest BCUT2D eigenvalue weighted by Gasteiger charge is -2.07. The molecule has 132 valence electrons. The van der Waals surface area contributed by atoms with E-state index in [-0.39, 0.29) is 12.0 Å². The lowest BCUT2D eigenvalue weighted by atomic mass is 10.1. The molecule has 0 aliphatic carbocycles. The molecule has 8 nitrogen and oxygen atoms in total. The summed E-state index contributed by atoms with van der Waals surface area (Å²) in [5.41, 5.74) is 2.45. The van der Waals surface area contributed by atoms with Crippen LogP contribution >= 0.6 is 0 Å². The molecule has 2 aromatic rings. The molecule has 0 aliphatic rings. The van der Waals surface area contributed by atoms with Crippen molar-refractivity contribution in [2.45, 2.75) is 26.7 Å². The quantitative estimate of drug-likeness (QED) is 0.510. The number of hydrogen-bond acceptors (Lipinski definition) is 5. The minimum atomic E-state index is -0.603. The van der Waals surface area contributed by atoms with Crippen molar-refractivity contribution in [3.8, 4) is 5.75 Å². The molecular weight excluding hydrogens is 324 g/mol. The van der Waals surface area contributed by atoms with Crippen molar-refractivity contribution >= 4 is 12.1 Å². The average molecular weight is 344 g/mol. The average Bonchev–Trinajstić information content (AvgIpc) is 2.57. The first-order valence-electron chi connectivity index (χ1n) is 7.87. The standard InChI is InChI=1S/C17H20N4O4/c1-3-8-25-14-7-5-4-6-12(14)10-18-21-15(22)9-13-11(2)19-17(24)20-16(13)23/h4-7,10H,3,8-9H2,1-2H3,(H,21,22)(H2,19,20,23,24)/b18-10-. The van der Waals surface area contributed by atoms with Crippen molar-refractivity contribution in [2.75, 3.05) is 6.61 Å². The molecule has 25 heavy (non-hydrogen) atoms. The van der Waals surface area contributed by atoms with Gasteiger partial charge in [-0.15, -0.1) is 0 Å². The van der Waals surface area contributed by atoms with E-state index < -0.39 is 17.2 Å². The van der Waals surface area contributed by atoms with Gasteiger partial charge in [0.2, 0.25) is 5.91 Å². The van der Waals surface area contributed by atoms with E-state index >= 15 is 0 Å². The maximum atomic E-state index is 11.9. The van der Waals surface area contributed by atoms with Crippen LogP contribution in [0.15, 0.2) is 39.0 Å². The van der Waals surface area contributed by atoms with Gasteiger partial charge in [0.1, 0.15) is 5.75 Å². The predicted molar refractivity (Wildman–Crippen MR) is 94.1 cm³/mol. The Morgan fingerprint density at radius 1 is 1.28 bits per heavy atom. The molecule has 1 heterocycles. The van der Waals surface area contributed by atoms with Gasteiger partial charge in [-0.3, -0.25) is 14.6 Å². The number of para-hydroxylation sites is 1. The van der Waals surface area contributed by atoms with E-state index in [2.05, 4.69) is 20.5 Å². The van der Waals surface area contributed by atoms with Gasteiger partial charge in [0.25, 0.3) is 5.56 Å². The first-order valence-corrected chi connectivity index (χ1v) is 7.87. The molecule has 0 bridgehead atoms. The fourth-order valence-electron chi connectivity index (χ4n) is 2.14. The van der Waals surface area contributed by atoms with Gasteiger partial charge in [0.05, 0.1) is 19.2 Å². The Balaban J connectivity index is 2.02. The second-order valence-corrected chi connectivity index (χ2v) is 5.37. The first kappa shape index (κ1) is 18.2. The van der Waals surface area contributed by atoms with Crippen molar-refractivity contribution in [3.05, 3.63) is 61.9 Å². The zero-order chi connectivity index (χ0) is 18.2. The molecule has 1 amide bonds. The van der Waals surface area contributed by atoms with Crippen molar-refractivity contribution in [1.29, 1.82) is 0 Å². The van der Waals surface area contributed by atoms with Crippen LogP contribution in [0.25, 0.3) is 0 Å². The van der Waals surface area contributed by atoms with E-state index in [4.69, 9.17) is 4.74 Å². The third kappa shape index (κ3) is 5.17. The molecule has 0 atom stereocenters. The van der Waals surface area contributed by atoms with Crippen molar-refractivity contribution in [1.82, 2.24) is 15.4 Å². The van der Waals surface area contributed by atoms with E-state index in [1.54, 1.807) is 6.92 Å². The Labute approximate surface area is 143 Å². The number of carbonyl (C=O) groups excluding carboxylic acids is 1. The Kier molecular flexibility index (Phi) is 6.27. The third-order valence-electron chi connectivity index (χ3n) is 3.37. The molecule has 0 aliphatic heterocycles. The number of rotatable bonds is 7. The Morgan fingerprint density at radius 3 is 2.76 bits per heavy atom. The number of hydrazone groups is 1. The van der Waals surface area contributed by atoms with E-state index in [9.17, 15) is 14.4 Å². The predicted octanol–water partition coefficient (Wildman–Crippen LogP) is 0.853. The number of carbonyl (C=O) groups is 1. The zero-order valence-electron chi connectivity index (χ0n) is 14.1. The highest BCUT2D eigenvalue weighted by Gasteiger charge is 2.10. The van der Waals surface area contributed by atoms with Gasteiger partial charge in [-0.2, -0.15) is 5.10 Å². The molecule has 0 spiro atoms. The van der Waals surface area contributed by atoms with Crippen molar-refractivity contribution in [3.63, 3.8) is 0 Å². The lowest BCUT2D eigenvalue weighted by Crippen LogP contribution is -2.30. The SMILES string of the molecule is CCCOc1ccccc1/C=N\NC(=O)Cc1c(C)[nH]c(=O)[nH]c1=O. The highest BCUT2D eigenvalue weighted by atomic mass is 16.5. The van der Waals surface area contributed by atoms with Crippen LogP contribution in [-0.4, -0.2) is 28.7 Å². The topological polar surface area (TPSA) is 116 Å². The molecule has 0 saturated carbocycles. The number of ether oxygens (including phenoxy) is 1. The number of aromatic amines is 2. The molecular formula is C17H20N4O4. The summed E-state index contributed by atoms with van der Waals surface area (Å²) in [6.45, 7) is 4.16. The molecule has 0 radical (unpaired) electrons. The third-order valence-corrected chi connectivity index (χ3v) is 3.37. The van der Waals surface area contributed by atoms with Crippen LogP contribution in [0.2, 0.25) is 0 Å². The Bertz CT molecular complexity index is 883. The molecule has 8 heteroatoms. The Morgan fingerprint density at radius 2 is 2.04 bits per heavy atom. The summed E-state index contributed by atoms with van der Waals surface area (Å²) in [7, 11) is 0. The van der Waals surface area contributed by atoms with Gasteiger partial charge in [-0.1, -0.05) is 19.1 Å². The van der Waals surface area contributed by atoms with Gasteiger partial charge in [-0.25, -0.2) is 10.2 Å². The van der Waals surface area contributed by atoms with E-state index in [1.807, 2.05) is 31.2 Å².